The van der Waals surface area contributed by atoms with Crippen LogP contribution in [0.5, 0.6) is 0 Å². The molecule has 2 N–H and O–H groups in total. The number of rotatable bonds is 3. The molecule has 98 valence electrons. The Hall–Kier alpha value is -1.09. The van der Waals surface area contributed by atoms with E-state index in [4.69, 9.17) is 28.9 Å². The Morgan fingerprint density at radius 2 is 2.11 bits per heavy atom. The van der Waals surface area contributed by atoms with E-state index < -0.39 is 21.7 Å². The average molecular weight is 358 g/mol. The summed E-state index contributed by atoms with van der Waals surface area (Å²) >= 11 is 10.9. The minimum absolute atomic E-state index is 0.150. The fourth-order valence-electron chi connectivity index (χ4n) is 1.59. The second-order valence-corrected chi connectivity index (χ2v) is 7.13. The number of halogens is 2. The first-order valence-electron chi connectivity index (χ1n) is 5.33. The SMILES string of the molecule is Cc1cccc(C(N)=O)c1[AsH]c1nc(Cl)ncc1Cl. The number of primary amides is 1. The molecule has 4 nitrogen and oxygen atoms in total. The Balaban J connectivity index is 2.49. The molecule has 1 amide bonds. The standard InChI is InChI=1S/C12H10AsCl2N3O/c1-6-3-2-4-7(11(16)19)9(6)13-10-8(14)5-17-12(15)18-10/h2-5,13H,1H3,(H2,16,19). The number of carbonyl (C=O) groups is 1. The quantitative estimate of drug-likeness (QED) is 0.645. The number of amides is 1. The van der Waals surface area contributed by atoms with Crippen molar-refractivity contribution in [3.8, 4) is 0 Å². The molecule has 7 heteroatoms. The van der Waals surface area contributed by atoms with Gasteiger partial charge in [-0.2, -0.15) is 0 Å². The van der Waals surface area contributed by atoms with E-state index in [1.807, 2.05) is 13.0 Å². The van der Waals surface area contributed by atoms with E-state index in [2.05, 4.69) is 9.97 Å². The molecule has 0 radical (unpaired) electrons. The molecular formula is C12H10AsCl2N3O. The van der Waals surface area contributed by atoms with Crippen LogP contribution >= 0.6 is 23.2 Å². The zero-order valence-corrected chi connectivity index (χ0v) is 13.6. The monoisotopic (exact) mass is 357 g/mol. The molecule has 1 aromatic heterocycles. The molecule has 0 aliphatic heterocycles. The summed E-state index contributed by atoms with van der Waals surface area (Å²) in [7, 11) is 0. The van der Waals surface area contributed by atoms with Gasteiger partial charge in [0, 0.05) is 0 Å². The van der Waals surface area contributed by atoms with E-state index in [0.29, 0.717) is 15.1 Å². The number of hydrogen-bond acceptors (Lipinski definition) is 3. The van der Waals surface area contributed by atoms with Crippen molar-refractivity contribution in [2.45, 2.75) is 6.92 Å². The fraction of sp³-hybridized carbons (Fsp3) is 0.0833. The van der Waals surface area contributed by atoms with Gasteiger partial charge in [0.2, 0.25) is 0 Å². The van der Waals surface area contributed by atoms with Crippen molar-refractivity contribution in [2.24, 2.45) is 5.73 Å². The number of nitrogens with zero attached hydrogens (tertiary/aromatic N) is 2. The van der Waals surface area contributed by atoms with E-state index in [1.54, 1.807) is 12.1 Å². The van der Waals surface area contributed by atoms with Gasteiger partial charge in [0.1, 0.15) is 0 Å². The molecular weight excluding hydrogens is 348 g/mol. The van der Waals surface area contributed by atoms with Crippen molar-refractivity contribution in [3.05, 3.63) is 45.8 Å². The van der Waals surface area contributed by atoms with Crippen LogP contribution in [0.25, 0.3) is 0 Å². The second-order valence-electron chi connectivity index (χ2n) is 3.82. The molecule has 2 aromatic rings. The summed E-state index contributed by atoms with van der Waals surface area (Å²) in [6, 6.07) is 5.45. The van der Waals surface area contributed by atoms with Crippen molar-refractivity contribution >= 4 is 53.7 Å². The Kier molecular flexibility index (Phi) is 4.45. The Labute approximate surface area is 127 Å². The Morgan fingerprint density at radius 3 is 2.79 bits per heavy atom. The van der Waals surface area contributed by atoms with Crippen LogP contribution in [0.15, 0.2) is 24.4 Å². The molecule has 1 aromatic carbocycles. The van der Waals surface area contributed by atoms with Gasteiger partial charge in [-0.05, 0) is 0 Å². The van der Waals surface area contributed by atoms with Crippen molar-refractivity contribution in [3.63, 3.8) is 0 Å². The van der Waals surface area contributed by atoms with E-state index in [9.17, 15) is 4.79 Å². The number of hydrogen-bond donors (Lipinski definition) is 1. The van der Waals surface area contributed by atoms with Crippen molar-refractivity contribution < 1.29 is 4.79 Å². The topological polar surface area (TPSA) is 68.9 Å². The number of benzene rings is 1. The molecule has 0 saturated heterocycles. The summed E-state index contributed by atoms with van der Waals surface area (Å²) in [5.74, 6) is -0.446. The summed E-state index contributed by atoms with van der Waals surface area (Å²) in [5, 5.41) is 0.612. The van der Waals surface area contributed by atoms with Gasteiger partial charge >= 0.3 is 127 Å². The average Bonchev–Trinajstić information content (AvgIpc) is 2.35. The van der Waals surface area contributed by atoms with E-state index >= 15 is 0 Å². The predicted octanol–water partition coefficient (Wildman–Crippen LogP) is 0.578. The molecule has 0 fully saturated rings. The molecule has 1 unspecified atom stereocenters. The van der Waals surface area contributed by atoms with Crippen LogP contribution in [0.1, 0.15) is 15.9 Å². The zero-order chi connectivity index (χ0) is 14.0. The first-order chi connectivity index (χ1) is 8.99. The van der Waals surface area contributed by atoms with Gasteiger partial charge in [-0.1, -0.05) is 0 Å². The van der Waals surface area contributed by atoms with Crippen LogP contribution in [0, 0.1) is 6.92 Å². The summed E-state index contributed by atoms with van der Waals surface area (Å²) in [6.07, 6.45) is 1.47. The summed E-state index contributed by atoms with van der Waals surface area (Å²) in [5.41, 5.74) is 6.92. The number of aromatic nitrogens is 2. The van der Waals surface area contributed by atoms with Gasteiger partial charge in [0.25, 0.3) is 0 Å². The molecule has 0 aliphatic rings. The van der Waals surface area contributed by atoms with Crippen LogP contribution in [0.3, 0.4) is 0 Å². The van der Waals surface area contributed by atoms with Crippen molar-refractivity contribution in [1.82, 2.24) is 9.97 Å². The summed E-state index contributed by atoms with van der Waals surface area (Å²) < 4.78 is 1.62. The van der Waals surface area contributed by atoms with E-state index in [1.165, 1.54) is 6.20 Å². The predicted molar refractivity (Wildman–Crippen MR) is 78.2 cm³/mol. The van der Waals surface area contributed by atoms with Gasteiger partial charge in [0.05, 0.1) is 0 Å². The Bertz CT molecular complexity index is 649. The molecule has 2 rings (SSSR count). The second kappa shape index (κ2) is 5.91. The number of aryl methyl sites for hydroxylation is 1. The van der Waals surface area contributed by atoms with Gasteiger partial charge < -0.3 is 0 Å². The summed E-state index contributed by atoms with van der Waals surface area (Å²) in [4.78, 5) is 19.4. The van der Waals surface area contributed by atoms with Gasteiger partial charge in [-0.15, -0.1) is 0 Å². The fourth-order valence-corrected chi connectivity index (χ4v) is 4.74. The van der Waals surface area contributed by atoms with Crippen LogP contribution < -0.4 is 14.6 Å². The number of nitrogens with two attached hydrogens (primary N) is 1. The first kappa shape index (κ1) is 14.3. The maximum absolute atomic E-state index is 11.5. The van der Waals surface area contributed by atoms with Gasteiger partial charge in [0.15, 0.2) is 0 Å². The van der Waals surface area contributed by atoms with Crippen LogP contribution in [-0.2, 0) is 0 Å². The van der Waals surface area contributed by atoms with Crippen molar-refractivity contribution in [1.29, 1.82) is 0 Å². The third kappa shape index (κ3) is 3.27. The molecule has 0 spiro atoms. The third-order valence-corrected chi connectivity index (χ3v) is 6.50. The zero-order valence-electron chi connectivity index (χ0n) is 9.95. The molecule has 1 atom stereocenters. The minimum atomic E-state index is -0.910. The van der Waals surface area contributed by atoms with E-state index in [0.717, 1.165) is 9.91 Å². The van der Waals surface area contributed by atoms with Crippen LogP contribution in [0.4, 0.5) is 0 Å². The first-order valence-corrected chi connectivity index (χ1v) is 8.19. The maximum atomic E-state index is 11.5. The normalized spacial score (nSPS) is 11.1. The molecule has 1 heterocycles. The summed E-state index contributed by atoms with van der Waals surface area (Å²) in [6.45, 7) is 1.93. The molecule has 19 heavy (non-hydrogen) atoms. The van der Waals surface area contributed by atoms with Crippen molar-refractivity contribution in [2.75, 3.05) is 0 Å². The van der Waals surface area contributed by atoms with Gasteiger partial charge in [-0.3, -0.25) is 0 Å². The van der Waals surface area contributed by atoms with Crippen LogP contribution in [-0.4, -0.2) is 31.6 Å². The Morgan fingerprint density at radius 1 is 1.37 bits per heavy atom. The van der Waals surface area contributed by atoms with E-state index in [-0.39, 0.29) is 5.28 Å². The molecule has 0 bridgehead atoms. The third-order valence-electron chi connectivity index (χ3n) is 2.50. The van der Waals surface area contributed by atoms with Gasteiger partial charge in [-0.25, -0.2) is 0 Å². The molecule has 0 saturated carbocycles. The van der Waals surface area contributed by atoms with Crippen LogP contribution in [0.2, 0.25) is 10.3 Å². The molecule has 0 aliphatic carbocycles. The number of carbonyl (C=O) groups excluding carboxylic acids is 1.